The van der Waals surface area contributed by atoms with Gasteiger partial charge in [-0.1, -0.05) is 13.8 Å². The second kappa shape index (κ2) is 9.94. The molecule has 0 aliphatic carbocycles. The third kappa shape index (κ3) is 5.23. The summed E-state index contributed by atoms with van der Waals surface area (Å²) in [5.41, 5.74) is 1.09. The fourth-order valence-corrected chi connectivity index (χ4v) is 5.04. The van der Waals surface area contributed by atoms with E-state index < -0.39 is 0 Å². The summed E-state index contributed by atoms with van der Waals surface area (Å²) in [5.74, 6) is 2.09. The maximum atomic E-state index is 13.0. The van der Waals surface area contributed by atoms with Crippen molar-refractivity contribution < 1.29 is 4.79 Å². The lowest BCUT2D eigenvalue weighted by Crippen LogP contribution is -2.52. The van der Waals surface area contributed by atoms with Crippen molar-refractivity contribution in [2.45, 2.75) is 46.0 Å². The van der Waals surface area contributed by atoms with Gasteiger partial charge in [0, 0.05) is 64.8 Å². The molecular weight excluding hydrogens is 376 g/mol. The molecule has 3 fully saturated rings. The Hall–Kier alpha value is -1.89. The van der Waals surface area contributed by atoms with Crippen LogP contribution in [-0.4, -0.2) is 84.6 Å². The molecule has 0 aromatic carbocycles. The number of piperidine rings is 2. The molecule has 3 aliphatic rings. The molecule has 1 aromatic heterocycles. The van der Waals surface area contributed by atoms with Crippen molar-refractivity contribution in [1.82, 2.24) is 19.8 Å². The maximum Gasteiger partial charge on any atom is 0.225 e. The lowest BCUT2D eigenvalue weighted by atomic mass is 9.94. The molecule has 0 unspecified atom stereocenters. The first kappa shape index (κ1) is 21.3. The lowest BCUT2D eigenvalue weighted by molar-refractivity contribution is -0.138. The topological polar surface area (TPSA) is 55.8 Å². The van der Waals surface area contributed by atoms with E-state index in [2.05, 4.69) is 43.4 Å². The minimum atomic E-state index is 0.173. The van der Waals surface area contributed by atoms with Crippen LogP contribution in [0.4, 0.5) is 11.6 Å². The number of piperazine rings is 1. The molecule has 0 N–H and O–H groups in total. The Labute approximate surface area is 181 Å². The summed E-state index contributed by atoms with van der Waals surface area (Å²) >= 11 is 0. The van der Waals surface area contributed by atoms with Crippen molar-refractivity contribution in [1.29, 1.82) is 0 Å². The van der Waals surface area contributed by atoms with Crippen LogP contribution < -0.4 is 9.80 Å². The zero-order valence-electron chi connectivity index (χ0n) is 18.8. The summed E-state index contributed by atoms with van der Waals surface area (Å²) in [6, 6.07) is 0. The summed E-state index contributed by atoms with van der Waals surface area (Å²) in [6.45, 7) is 13.4. The molecule has 166 valence electrons. The van der Waals surface area contributed by atoms with Gasteiger partial charge < -0.3 is 14.7 Å². The Balaban J connectivity index is 1.24. The Morgan fingerprint density at radius 1 is 0.900 bits per heavy atom. The molecule has 0 radical (unpaired) electrons. The highest BCUT2D eigenvalue weighted by Crippen LogP contribution is 2.25. The first-order valence-electron chi connectivity index (χ1n) is 11.9. The predicted octanol–water partition coefficient (Wildman–Crippen LogP) is 2.48. The third-order valence-corrected chi connectivity index (χ3v) is 6.78. The monoisotopic (exact) mass is 414 g/mol. The van der Waals surface area contributed by atoms with Crippen LogP contribution in [-0.2, 0) is 4.79 Å². The number of rotatable bonds is 5. The fraction of sp³-hybridized carbons (Fsp3) is 0.783. The Morgan fingerprint density at radius 2 is 1.53 bits per heavy atom. The predicted molar refractivity (Wildman–Crippen MR) is 121 cm³/mol. The molecule has 0 atom stereocenters. The van der Waals surface area contributed by atoms with Crippen LogP contribution in [0.25, 0.3) is 0 Å². The zero-order valence-corrected chi connectivity index (χ0v) is 18.8. The molecule has 0 bridgehead atoms. The van der Waals surface area contributed by atoms with E-state index in [0.29, 0.717) is 11.8 Å². The van der Waals surface area contributed by atoms with E-state index in [1.165, 1.54) is 19.3 Å². The average molecular weight is 415 g/mol. The summed E-state index contributed by atoms with van der Waals surface area (Å²) in [5, 5.41) is 0. The van der Waals surface area contributed by atoms with E-state index in [4.69, 9.17) is 0 Å². The van der Waals surface area contributed by atoms with E-state index >= 15 is 0 Å². The standard InChI is InChI=1S/C23H38N6O/c1-19(2)18-26-12-14-28(15-13-26)22(30)20-6-10-27(11-7-20)21-16-24-23(25-17-21)29-8-4-3-5-9-29/h16-17,19-20H,3-15,18H2,1-2H3. The Bertz CT molecular complexity index is 671. The maximum absolute atomic E-state index is 13.0. The van der Waals surface area contributed by atoms with Gasteiger partial charge in [0.1, 0.15) is 0 Å². The molecule has 7 heteroatoms. The van der Waals surface area contributed by atoms with E-state index in [-0.39, 0.29) is 5.92 Å². The average Bonchev–Trinajstić information content (AvgIpc) is 2.80. The second-order valence-corrected chi connectivity index (χ2v) is 9.57. The van der Waals surface area contributed by atoms with Gasteiger partial charge in [-0.25, -0.2) is 9.97 Å². The molecule has 0 saturated carbocycles. The molecule has 1 amide bonds. The normalized spacial score (nSPS) is 22.0. The van der Waals surface area contributed by atoms with Crippen LogP contribution in [0.1, 0.15) is 46.0 Å². The number of carbonyl (C=O) groups excluding carboxylic acids is 1. The quantitative estimate of drug-likeness (QED) is 0.738. The van der Waals surface area contributed by atoms with Crippen LogP contribution in [0.5, 0.6) is 0 Å². The molecule has 0 spiro atoms. The SMILES string of the molecule is CC(C)CN1CCN(C(=O)C2CCN(c3cnc(N4CCCCC4)nc3)CC2)CC1. The summed E-state index contributed by atoms with van der Waals surface area (Å²) < 4.78 is 0. The van der Waals surface area contributed by atoms with Crippen molar-refractivity contribution in [2.75, 3.05) is 68.7 Å². The van der Waals surface area contributed by atoms with Crippen LogP contribution in [0, 0.1) is 11.8 Å². The third-order valence-electron chi connectivity index (χ3n) is 6.78. The van der Waals surface area contributed by atoms with Crippen molar-refractivity contribution in [3.63, 3.8) is 0 Å². The van der Waals surface area contributed by atoms with Crippen LogP contribution in [0.2, 0.25) is 0 Å². The van der Waals surface area contributed by atoms with E-state index in [0.717, 1.165) is 83.4 Å². The van der Waals surface area contributed by atoms with Gasteiger partial charge in [0.05, 0.1) is 18.1 Å². The molecule has 4 rings (SSSR count). The van der Waals surface area contributed by atoms with Gasteiger partial charge in [0.15, 0.2) is 0 Å². The van der Waals surface area contributed by atoms with Crippen molar-refractivity contribution in [2.24, 2.45) is 11.8 Å². The Morgan fingerprint density at radius 3 is 2.13 bits per heavy atom. The minimum Gasteiger partial charge on any atom is -0.369 e. The number of amides is 1. The van der Waals surface area contributed by atoms with Crippen molar-refractivity contribution in [3.05, 3.63) is 12.4 Å². The van der Waals surface area contributed by atoms with Crippen LogP contribution >= 0.6 is 0 Å². The molecular formula is C23H38N6O. The molecule has 7 nitrogen and oxygen atoms in total. The summed E-state index contributed by atoms with van der Waals surface area (Å²) in [6.07, 6.45) is 9.58. The molecule has 30 heavy (non-hydrogen) atoms. The highest BCUT2D eigenvalue weighted by Gasteiger charge is 2.30. The van der Waals surface area contributed by atoms with Crippen LogP contribution in [0.15, 0.2) is 12.4 Å². The first-order chi connectivity index (χ1) is 14.6. The minimum absolute atomic E-state index is 0.173. The highest BCUT2D eigenvalue weighted by atomic mass is 16.2. The van der Waals surface area contributed by atoms with Gasteiger partial charge in [-0.3, -0.25) is 9.69 Å². The second-order valence-electron chi connectivity index (χ2n) is 9.57. The zero-order chi connectivity index (χ0) is 20.9. The summed E-state index contributed by atoms with van der Waals surface area (Å²) in [7, 11) is 0. The Kier molecular flexibility index (Phi) is 7.08. The fourth-order valence-electron chi connectivity index (χ4n) is 5.04. The molecule has 3 aliphatic heterocycles. The molecule has 3 saturated heterocycles. The molecule has 4 heterocycles. The number of anilines is 2. The number of aromatic nitrogens is 2. The van der Waals surface area contributed by atoms with Gasteiger partial charge in [0.2, 0.25) is 11.9 Å². The van der Waals surface area contributed by atoms with E-state index in [1.807, 2.05) is 12.4 Å². The lowest BCUT2D eigenvalue weighted by Gasteiger charge is -2.39. The van der Waals surface area contributed by atoms with Gasteiger partial charge in [-0.2, -0.15) is 0 Å². The number of hydrogen-bond donors (Lipinski definition) is 0. The van der Waals surface area contributed by atoms with Crippen molar-refractivity contribution >= 4 is 17.5 Å². The van der Waals surface area contributed by atoms with Crippen molar-refractivity contribution in [3.8, 4) is 0 Å². The van der Waals surface area contributed by atoms with Gasteiger partial charge in [-0.05, 0) is 38.0 Å². The smallest absolute Gasteiger partial charge is 0.225 e. The van der Waals surface area contributed by atoms with Gasteiger partial charge in [0.25, 0.3) is 0 Å². The van der Waals surface area contributed by atoms with E-state index in [1.54, 1.807) is 0 Å². The largest absolute Gasteiger partial charge is 0.369 e. The number of nitrogens with zero attached hydrogens (tertiary/aromatic N) is 6. The van der Waals surface area contributed by atoms with Gasteiger partial charge in [-0.15, -0.1) is 0 Å². The van der Waals surface area contributed by atoms with E-state index in [9.17, 15) is 4.79 Å². The summed E-state index contributed by atoms with van der Waals surface area (Å²) in [4.78, 5) is 31.5. The number of carbonyl (C=O) groups is 1. The number of hydrogen-bond acceptors (Lipinski definition) is 6. The highest BCUT2D eigenvalue weighted by molar-refractivity contribution is 5.79. The first-order valence-corrected chi connectivity index (χ1v) is 11.9. The molecule has 1 aromatic rings. The van der Waals surface area contributed by atoms with Gasteiger partial charge >= 0.3 is 0 Å². The van der Waals surface area contributed by atoms with Crippen LogP contribution in [0.3, 0.4) is 0 Å².